The van der Waals surface area contributed by atoms with Crippen molar-refractivity contribution in [3.63, 3.8) is 0 Å². The fourth-order valence-electron chi connectivity index (χ4n) is 12.1. The van der Waals surface area contributed by atoms with Crippen molar-refractivity contribution in [2.75, 3.05) is 13.2 Å². The number of hydrogen-bond donors (Lipinski definition) is 8. The van der Waals surface area contributed by atoms with Crippen molar-refractivity contribution in [2.45, 2.75) is 436 Å². The largest absolute Gasteiger partial charge is 0.481 e. The highest BCUT2D eigenvalue weighted by Gasteiger charge is 2.49. The maximum Gasteiger partial charge on any atom is 0.303 e. The summed E-state index contributed by atoms with van der Waals surface area (Å²) < 4.78 is 0. The number of aliphatic hydroxyl groups excluding tert-OH is 4. The topological polar surface area (TPSA) is 264 Å². The first-order chi connectivity index (χ1) is 47.5. The summed E-state index contributed by atoms with van der Waals surface area (Å²) in [4.78, 5) is 71.2. The molecule has 0 saturated carbocycles. The van der Waals surface area contributed by atoms with Crippen LogP contribution in [0, 0.1) is 0 Å². The molecule has 0 bridgehead atoms. The fraction of sp³-hybridized carbons (Fsp3) is 0.833. The van der Waals surface area contributed by atoms with E-state index in [0.29, 0.717) is 38.5 Å². The molecule has 0 aromatic heterocycles. The summed E-state index contributed by atoms with van der Waals surface area (Å²) in [5.41, 5.74) is -4.98. The van der Waals surface area contributed by atoms with Gasteiger partial charge in [-0.25, -0.2) is 0 Å². The molecule has 14 heteroatoms. The van der Waals surface area contributed by atoms with Crippen LogP contribution in [0.4, 0.5) is 0 Å². The molecule has 0 aliphatic rings. The number of carboxylic acids is 2. The van der Waals surface area contributed by atoms with E-state index in [4.69, 9.17) is 10.2 Å². The molecule has 574 valence electrons. The summed E-state index contributed by atoms with van der Waals surface area (Å²) in [6.07, 6.45) is 75.6. The van der Waals surface area contributed by atoms with E-state index >= 15 is 0 Å². The standard InChI is InChI=1S/2C39H72O5.C6H10O4/c2*1-3-5-7-9-11-13-15-17-19-21-23-25-27-29-31-33-36(41)39(44,38(43)35-40)37(42)34-32-30-28-26-24-22-20-18-16-14-12-10-8-6-4-2;7-5(8)3-1-2-4-6(9)10/h2*17-20,38,40,43-44H,3-16,21-35H2,1-2H3;1-4H2,(H,7,8)(H,9,10)/b2*19-17-,20-18-;. The summed E-state index contributed by atoms with van der Waals surface area (Å²) >= 11 is 0. The van der Waals surface area contributed by atoms with Gasteiger partial charge >= 0.3 is 11.9 Å². The minimum Gasteiger partial charge on any atom is -0.481 e. The van der Waals surface area contributed by atoms with Gasteiger partial charge < -0.3 is 40.9 Å². The first-order valence-electron chi connectivity index (χ1n) is 40.7. The van der Waals surface area contributed by atoms with E-state index in [1.165, 1.54) is 180 Å². The molecular formula is C84H154O14. The second kappa shape index (κ2) is 76.0. The van der Waals surface area contributed by atoms with Crippen molar-refractivity contribution in [1.82, 2.24) is 0 Å². The number of carbonyl (C=O) groups excluding carboxylic acids is 4. The summed E-state index contributed by atoms with van der Waals surface area (Å²) in [5, 5.41) is 77.4. The van der Waals surface area contributed by atoms with E-state index in [1.54, 1.807) is 0 Å². The molecule has 0 fully saturated rings. The maximum atomic E-state index is 12.8. The zero-order chi connectivity index (χ0) is 73.1. The van der Waals surface area contributed by atoms with Crippen LogP contribution in [0.5, 0.6) is 0 Å². The predicted octanol–water partition coefficient (Wildman–Crippen LogP) is 21.3. The molecule has 0 aliphatic carbocycles. The number of Topliss-reactive ketones (excluding diaryl/α,β-unsaturated/α-hetero) is 4. The monoisotopic (exact) mass is 1390 g/mol. The van der Waals surface area contributed by atoms with Crippen molar-refractivity contribution >= 4 is 35.1 Å². The molecular weight excluding hydrogens is 1230 g/mol. The van der Waals surface area contributed by atoms with Crippen molar-refractivity contribution in [3.05, 3.63) is 48.6 Å². The normalized spacial score (nSPS) is 12.6. The number of unbranched alkanes of at least 4 members (excludes halogenated alkanes) is 45. The minimum atomic E-state index is -2.49. The Kier molecular flexibility index (Phi) is 76.4. The first-order valence-corrected chi connectivity index (χ1v) is 40.7. The van der Waals surface area contributed by atoms with Crippen LogP contribution in [0.15, 0.2) is 48.6 Å². The number of rotatable bonds is 73. The second-order valence-corrected chi connectivity index (χ2v) is 28.0. The van der Waals surface area contributed by atoms with Crippen LogP contribution >= 0.6 is 0 Å². The fourth-order valence-corrected chi connectivity index (χ4v) is 12.1. The van der Waals surface area contributed by atoms with Crippen molar-refractivity contribution < 1.29 is 69.6 Å². The summed E-state index contributed by atoms with van der Waals surface area (Å²) in [5.74, 6) is -4.37. The molecule has 98 heavy (non-hydrogen) atoms. The van der Waals surface area contributed by atoms with Crippen LogP contribution in [0.3, 0.4) is 0 Å². The predicted molar refractivity (Wildman–Crippen MR) is 408 cm³/mol. The number of allylic oxidation sites excluding steroid dienone is 8. The Morgan fingerprint density at radius 2 is 0.388 bits per heavy atom. The van der Waals surface area contributed by atoms with Crippen LogP contribution < -0.4 is 0 Å². The molecule has 0 spiro atoms. The molecule has 0 heterocycles. The lowest BCUT2D eigenvalue weighted by atomic mass is 9.82. The van der Waals surface area contributed by atoms with E-state index in [-0.39, 0.29) is 38.5 Å². The highest BCUT2D eigenvalue weighted by atomic mass is 16.4. The quantitative estimate of drug-likeness (QED) is 0.0160. The van der Waals surface area contributed by atoms with E-state index in [9.17, 15) is 59.4 Å². The van der Waals surface area contributed by atoms with Gasteiger partial charge in [-0.05, 0) is 141 Å². The molecule has 0 aliphatic heterocycles. The molecule has 14 nitrogen and oxygen atoms in total. The second-order valence-electron chi connectivity index (χ2n) is 28.0. The third-order valence-corrected chi connectivity index (χ3v) is 18.7. The van der Waals surface area contributed by atoms with Gasteiger partial charge in [-0.3, -0.25) is 28.8 Å². The molecule has 8 N–H and O–H groups in total. The Bertz CT molecular complexity index is 1700. The van der Waals surface area contributed by atoms with Crippen molar-refractivity contribution in [2.24, 2.45) is 0 Å². The van der Waals surface area contributed by atoms with Gasteiger partial charge in [0.25, 0.3) is 0 Å². The Hall–Kier alpha value is -3.66. The van der Waals surface area contributed by atoms with Crippen LogP contribution in [-0.4, -0.2) is 113 Å². The number of ketones is 4. The average Bonchev–Trinajstić information content (AvgIpc) is 0.905. The maximum absolute atomic E-state index is 12.8. The Labute approximate surface area is 600 Å². The van der Waals surface area contributed by atoms with E-state index < -0.39 is 71.7 Å². The zero-order valence-electron chi connectivity index (χ0n) is 63.6. The van der Waals surface area contributed by atoms with Gasteiger partial charge in [-0.1, -0.05) is 282 Å². The lowest BCUT2D eigenvalue weighted by Gasteiger charge is -2.29. The highest BCUT2D eigenvalue weighted by Crippen LogP contribution is 2.25. The van der Waals surface area contributed by atoms with Gasteiger partial charge in [-0.2, -0.15) is 0 Å². The van der Waals surface area contributed by atoms with E-state index in [2.05, 4.69) is 76.3 Å². The number of carbonyl (C=O) groups is 6. The summed E-state index contributed by atoms with van der Waals surface area (Å²) in [6.45, 7) is 7.36. The van der Waals surface area contributed by atoms with Gasteiger partial charge in [-0.15, -0.1) is 0 Å². The average molecular weight is 1390 g/mol. The SMILES string of the molecule is CCCCCCCC/C=C\CCCCCCCC(=O)C(O)(C(=O)CCCCCCC/C=C\CCCCCCCC)C(O)CO.CCCCCCCC/C=C\CCCCCCCC(=O)C(O)(C(=O)CCCCCCC/C=C\CCCCCCCC)C(O)CO.O=C(O)CCCCC(=O)O. The number of carboxylic acid groups (broad SMARTS) is 2. The molecule has 0 amide bonds. The molecule has 0 aromatic carbocycles. The molecule has 0 radical (unpaired) electrons. The van der Waals surface area contributed by atoms with Gasteiger partial charge in [0.15, 0.2) is 23.1 Å². The van der Waals surface area contributed by atoms with Crippen LogP contribution in [0.2, 0.25) is 0 Å². The lowest BCUT2D eigenvalue weighted by Crippen LogP contribution is -2.57. The number of aliphatic hydroxyl groups is 6. The first kappa shape index (κ1) is 98.5. The third kappa shape index (κ3) is 62.1. The zero-order valence-corrected chi connectivity index (χ0v) is 63.6. The summed E-state index contributed by atoms with van der Waals surface area (Å²) in [7, 11) is 0. The number of hydrogen-bond acceptors (Lipinski definition) is 12. The van der Waals surface area contributed by atoms with Crippen molar-refractivity contribution in [3.8, 4) is 0 Å². The highest BCUT2D eigenvalue weighted by molar-refractivity contribution is 6.11. The van der Waals surface area contributed by atoms with E-state index in [0.717, 1.165) is 128 Å². The minimum absolute atomic E-state index is 0.0455. The smallest absolute Gasteiger partial charge is 0.303 e. The van der Waals surface area contributed by atoms with Crippen LogP contribution in [0.25, 0.3) is 0 Å². The van der Waals surface area contributed by atoms with E-state index in [1.807, 2.05) is 0 Å². The molecule has 2 atom stereocenters. The van der Waals surface area contributed by atoms with Crippen LogP contribution in [-0.2, 0) is 28.8 Å². The lowest BCUT2D eigenvalue weighted by molar-refractivity contribution is -0.167. The molecule has 0 aromatic rings. The van der Waals surface area contributed by atoms with Crippen molar-refractivity contribution in [1.29, 1.82) is 0 Å². The Morgan fingerprint density at radius 3 is 0.541 bits per heavy atom. The summed E-state index contributed by atoms with van der Waals surface area (Å²) in [6, 6.07) is 0. The van der Waals surface area contributed by atoms with Crippen LogP contribution in [0.1, 0.15) is 413 Å². The van der Waals surface area contributed by atoms with Gasteiger partial charge in [0.05, 0.1) is 13.2 Å². The Morgan fingerprint density at radius 1 is 0.245 bits per heavy atom. The Balaban J connectivity index is -0.00000161. The third-order valence-electron chi connectivity index (χ3n) is 18.7. The molecule has 2 unspecified atom stereocenters. The van der Waals surface area contributed by atoms with Gasteiger partial charge in [0, 0.05) is 38.5 Å². The van der Waals surface area contributed by atoms with Gasteiger partial charge in [0.1, 0.15) is 12.2 Å². The number of aliphatic carboxylic acids is 2. The van der Waals surface area contributed by atoms with Gasteiger partial charge in [0.2, 0.25) is 11.2 Å². The molecule has 0 saturated heterocycles. The molecule has 0 rings (SSSR count).